The van der Waals surface area contributed by atoms with E-state index in [1.807, 2.05) is 19.9 Å². The summed E-state index contributed by atoms with van der Waals surface area (Å²) in [6.45, 7) is 12.2. The molecule has 1 N–H and O–H groups in total. The molecular formula is C14H24N2O. The number of rotatable bonds is 4. The van der Waals surface area contributed by atoms with Crippen molar-refractivity contribution in [1.82, 2.24) is 9.97 Å². The van der Waals surface area contributed by atoms with Gasteiger partial charge in [0.15, 0.2) is 0 Å². The summed E-state index contributed by atoms with van der Waals surface area (Å²) in [5.41, 5.74) is 1.94. The molecule has 0 spiro atoms. The van der Waals surface area contributed by atoms with Gasteiger partial charge in [0.25, 0.3) is 0 Å². The molecule has 0 aliphatic rings. The first-order chi connectivity index (χ1) is 7.82. The normalized spacial score (nSPS) is 15.4. The van der Waals surface area contributed by atoms with Crippen molar-refractivity contribution in [2.75, 3.05) is 0 Å². The summed E-state index contributed by atoms with van der Waals surface area (Å²) >= 11 is 0. The fourth-order valence-electron chi connectivity index (χ4n) is 2.19. The Bertz CT molecular complexity index is 364. The number of aromatic nitrogens is 2. The van der Waals surface area contributed by atoms with Gasteiger partial charge in [-0.15, -0.1) is 0 Å². The number of hydrogen-bond donors (Lipinski definition) is 1. The topological polar surface area (TPSA) is 46.0 Å². The molecular weight excluding hydrogens is 212 g/mol. The number of hydrogen-bond acceptors (Lipinski definition) is 3. The van der Waals surface area contributed by atoms with E-state index in [2.05, 4.69) is 37.7 Å². The number of nitrogens with zero attached hydrogens (tertiary/aromatic N) is 2. The molecule has 2 unspecified atom stereocenters. The molecule has 0 amide bonds. The second-order valence-electron chi connectivity index (χ2n) is 5.46. The van der Waals surface area contributed by atoms with Gasteiger partial charge in [-0.25, -0.2) is 9.97 Å². The Morgan fingerprint density at radius 1 is 1.06 bits per heavy atom. The van der Waals surface area contributed by atoms with Crippen LogP contribution >= 0.6 is 0 Å². The third-order valence-corrected chi connectivity index (χ3v) is 2.99. The number of aryl methyl sites for hydroxylation is 1. The first-order valence-electron chi connectivity index (χ1n) is 6.36. The second-order valence-corrected chi connectivity index (χ2v) is 5.46. The number of aliphatic hydroxyl groups is 1. The van der Waals surface area contributed by atoms with Crippen LogP contribution in [-0.4, -0.2) is 21.2 Å². The van der Waals surface area contributed by atoms with Crippen LogP contribution in [0.5, 0.6) is 0 Å². The van der Waals surface area contributed by atoms with E-state index in [1.165, 1.54) is 0 Å². The lowest BCUT2D eigenvalue weighted by atomic mass is 9.87. The average molecular weight is 236 g/mol. The third-order valence-electron chi connectivity index (χ3n) is 2.99. The standard InChI is InChI=1S/C14H24N2O/c1-8(2)13(11(6)17)12-7-10(5)15-14(16-12)9(3)4/h7-9,11,13,17H,1-6H3. The van der Waals surface area contributed by atoms with Gasteiger partial charge in [-0.3, -0.25) is 0 Å². The van der Waals surface area contributed by atoms with Crippen LogP contribution in [0.3, 0.4) is 0 Å². The van der Waals surface area contributed by atoms with Gasteiger partial charge in [-0.05, 0) is 25.8 Å². The average Bonchev–Trinajstić information content (AvgIpc) is 2.15. The summed E-state index contributed by atoms with van der Waals surface area (Å²) in [6, 6.07) is 1.99. The summed E-state index contributed by atoms with van der Waals surface area (Å²) in [4.78, 5) is 9.05. The lowest BCUT2D eigenvalue weighted by Crippen LogP contribution is -2.22. The molecule has 1 aromatic rings. The van der Waals surface area contributed by atoms with Gasteiger partial charge in [0, 0.05) is 17.5 Å². The summed E-state index contributed by atoms with van der Waals surface area (Å²) in [5, 5.41) is 9.90. The van der Waals surface area contributed by atoms with E-state index >= 15 is 0 Å². The van der Waals surface area contributed by atoms with Crippen molar-refractivity contribution in [2.45, 2.75) is 59.5 Å². The Hall–Kier alpha value is -0.960. The second kappa shape index (κ2) is 5.58. The Morgan fingerprint density at radius 2 is 1.65 bits per heavy atom. The van der Waals surface area contributed by atoms with Crippen molar-refractivity contribution < 1.29 is 5.11 Å². The minimum absolute atomic E-state index is 0.0780. The Kier molecular flexibility index (Phi) is 4.63. The fraction of sp³-hybridized carbons (Fsp3) is 0.714. The van der Waals surface area contributed by atoms with Crippen LogP contribution in [0.4, 0.5) is 0 Å². The fourth-order valence-corrected chi connectivity index (χ4v) is 2.19. The third kappa shape index (κ3) is 3.50. The van der Waals surface area contributed by atoms with Gasteiger partial charge in [-0.2, -0.15) is 0 Å². The molecule has 1 heterocycles. The van der Waals surface area contributed by atoms with E-state index in [9.17, 15) is 5.11 Å². The highest BCUT2D eigenvalue weighted by Crippen LogP contribution is 2.27. The molecule has 0 radical (unpaired) electrons. The van der Waals surface area contributed by atoms with Crippen molar-refractivity contribution in [2.24, 2.45) is 5.92 Å². The van der Waals surface area contributed by atoms with Gasteiger partial charge >= 0.3 is 0 Å². The highest BCUT2D eigenvalue weighted by atomic mass is 16.3. The lowest BCUT2D eigenvalue weighted by molar-refractivity contribution is 0.138. The molecule has 96 valence electrons. The van der Waals surface area contributed by atoms with Crippen molar-refractivity contribution in [3.05, 3.63) is 23.3 Å². The Labute approximate surface area is 104 Å². The maximum absolute atomic E-state index is 9.90. The predicted molar refractivity (Wildman–Crippen MR) is 70.1 cm³/mol. The van der Waals surface area contributed by atoms with Crippen LogP contribution < -0.4 is 0 Å². The molecule has 0 saturated carbocycles. The van der Waals surface area contributed by atoms with E-state index in [-0.39, 0.29) is 12.0 Å². The monoisotopic (exact) mass is 236 g/mol. The van der Waals surface area contributed by atoms with Crippen molar-refractivity contribution in [3.8, 4) is 0 Å². The molecule has 0 aromatic carbocycles. The van der Waals surface area contributed by atoms with Gasteiger partial charge in [0.1, 0.15) is 5.82 Å². The molecule has 1 aromatic heterocycles. The molecule has 2 atom stereocenters. The number of aliphatic hydroxyl groups excluding tert-OH is 1. The van der Waals surface area contributed by atoms with Crippen molar-refractivity contribution in [1.29, 1.82) is 0 Å². The molecule has 3 heteroatoms. The van der Waals surface area contributed by atoms with Crippen molar-refractivity contribution in [3.63, 3.8) is 0 Å². The highest BCUT2D eigenvalue weighted by Gasteiger charge is 2.23. The van der Waals surface area contributed by atoms with Crippen LogP contribution in [0.1, 0.15) is 63.7 Å². The SMILES string of the molecule is Cc1cc(C(C(C)C)C(C)O)nc(C(C)C)n1. The maximum atomic E-state index is 9.90. The van der Waals surface area contributed by atoms with Crippen LogP contribution in [0.25, 0.3) is 0 Å². The zero-order valence-corrected chi connectivity index (χ0v) is 11.7. The van der Waals surface area contributed by atoms with Gasteiger partial charge < -0.3 is 5.11 Å². The molecule has 0 aliphatic heterocycles. The lowest BCUT2D eigenvalue weighted by Gasteiger charge is -2.24. The van der Waals surface area contributed by atoms with Crippen LogP contribution in [0.15, 0.2) is 6.07 Å². The van der Waals surface area contributed by atoms with Crippen LogP contribution in [0, 0.1) is 12.8 Å². The molecule has 1 rings (SSSR count). The molecule has 0 saturated heterocycles. The predicted octanol–water partition coefficient (Wildman–Crippen LogP) is 3.03. The quantitative estimate of drug-likeness (QED) is 0.874. The molecule has 3 nitrogen and oxygen atoms in total. The molecule has 0 fully saturated rings. The van der Waals surface area contributed by atoms with Crippen LogP contribution in [-0.2, 0) is 0 Å². The van der Waals surface area contributed by atoms with Crippen molar-refractivity contribution >= 4 is 0 Å². The van der Waals surface area contributed by atoms with E-state index in [4.69, 9.17) is 0 Å². The zero-order valence-electron chi connectivity index (χ0n) is 11.7. The van der Waals surface area contributed by atoms with Gasteiger partial charge in [0.2, 0.25) is 0 Å². The summed E-state index contributed by atoms with van der Waals surface area (Å²) < 4.78 is 0. The summed E-state index contributed by atoms with van der Waals surface area (Å²) in [7, 11) is 0. The summed E-state index contributed by atoms with van der Waals surface area (Å²) in [6.07, 6.45) is -0.385. The smallest absolute Gasteiger partial charge is 0.131 e. The molecule has 17 heavy (non-hydrogen) atoms. The van der Waals surface area contributed by atoms with E-state index < -0.39 is 0 Å². The molecule has 0 aliphatic carbocycles. The van der Waals surface area contributed by atoms with E-state index in [1.54, 1.807) is 0 Å². The van der Waals surface area contributed by atoms with E-state index in [0.29, 0.717) is 11.8 Å². The largest absolute Gasteiger partial charge is 0.393 e. The van der Waals surface area contributed by atoms with Gasteiger partial charge in [0.05, 0.1) is 11.8 Å². The Morgan fingerprint density at radius 3 is 2.06 bits per heavy atom. The molecule has 0 bridgehead atoms. The first kappa shape index (κ1) is 14.1. The Balaban J connectivity index is 3.19. The first-order valence-corrected chi connectivity index (χ1v) is 6.36. The minimum Gasteiger partial charge on any atom is -0.393 e. The van der Waals surface area contributed by atoms with Crippen LogP contribution in [0.2, 0.25) is 0 Å². The highest BCUT2D eigenvalue weighted by molar-refractivity contribution is 5.17. The summed E-state index contributed by atoms with van der Waals surface area (Å²) in [5.74, 6) is 1.63. The van der Waals surface area contributed by atoms with Gasteiger partial charge in [-0.1, -0.05) is 27.7 Å². The maximum Gasteiger partial charge on any atom is 0.131 e. The van der Waals surface area contributed by atoms with E-state index in [0.717, 1.165) is 17.2 Å². The zero-order chi connectivity index (χ0) is 13.2. The minimum atomic E-state index is -0.385.